The number of carbonyl (C=O) groups is 1. The molecule has 2 aromatic carbocycles. The van der Waals surface area contributed by atoms with Gasteiger partial charge in [-0.1, -0.05) is 0 Å². The molecule has 3 N–H and O–H groups in total. The summed E-state index contributed by atoms with van der Waals surface area (Å²) in [5.41, 5.74) is 7.55. The number of hydrogen-bond donors (Lipinski definition) is 2. The molecule has 39 heavy (non-hydrogen) atoms. The van der Waals surface area contributed by atoms with E-state index in [9.17, 15) is 23.1 Å². The third kappa shape index (κ3) is 7.04. The first-order valence-electron chi connectivity index (χ1n) is 13.1. The smallest absolute Gasteiger partial charge is 0.303 e. The van der Waals surface area contributed by atoms with E-state index in [2.05, 4.69) is 9.88 Å². The van der Waals surface area contributed by atoms with Crippen LogP contribution in [0.2, 0.25) is 0 Å². The van der Waals surface area contributed by atoms with Crippen LogP contribution in [0.1, 0.15) is 44.2 Å². The Morgan fingerprint density at radius 3 is 2.77 bits per heavy atom. The zero-order chi connectivity index (χ0) is 28.1. The minimum Gasteiger partial charge on any atom is -0.497 e. The normalized spacial score (nSPS) is 20.7. The van der Waals surface area contributed by atoms with E-state index in [1.807, 2.05) is 6.92 Å². The molecule has 1 aliphatic heterocycles. The zero-order valence-corrected chi connectivity index (χ0v) is 22.9. The second-order valence-electron chi connectivity index (χ2n) is 10.1. The number of benzene rings is 2. The van der Waals surface area contributed by atoms with Crippen LogP contribution < -0.4 is 10.5 Å². The molecule has 6 nitrogen and oxygen atoms in total. The van der Waals surface area contributed by atoms with Crippen molar-refractivity contribution in [2.24, 2.45) is 17.6 Å². The summed E-state index contributed by atoms with van der Waals surface area (Å²) in [5.74, 6) is -1.13. The van der Waals surface area contributed by atoms with Crippen LogP contribution in [-0.2, 0) is 4.79 Å². The second-order valence-corrected chi connectivity index (χ2v) is 11.2. The van der Waals surface area contributed by atoms with Gasteiger partial charge in [0.15, 0.2) is 0 Å². The van der Waals surface area contributed by atoms with E-state index in [-0.39, 0.29) is 29.2 Å². The van der Waals surface area contributed by atoms with Crippen molar-refractivity contribution in [2.45, 2.75) is 49.6 Å². The van der Waals surface area contributed by atoms with Crippen LogP contribution in [0.3, 0.4) is 0 Å². The molecule has 10 heteroatoms. The van der Waals surface area contributed by atoms with E-state index in [1.54, 1.807) is 25.3 Å². The topological polar surface area (TPSA) is 88.7 Å². The lowest BCUT2D eigenvalue weighted by Gasteiger charge is -2.44. The minimum atomic E-state index is -0.863. The van der Waals surface area contributed by atoms with E-state index >= 15 is 0 Å². The summed E-state index contributed by atoms with van der Waals surface area (Å²) >= 11 is 1.25. The predicted octanol–water partition coefficient (Wildman–Crippen LogP) is 6.03. The molecule has 0 amide bonds. The molecule has 4 rings (SSSR count). The number of thioether (sulfide) groups is 1. The molecule has 210 valence electrons. The van der Waals surface area contributed by atoms with E-state index in [0.29, 0.717) is 47.4 Å². The number of nitrogens with zero attached hydrogens (tertiary/aromatic N) is 2. The number of nitrogens with two attached hydrogens (primary N) is 1. The number of carboxylic acids is 1. The molecule has 0 bridgehead atoms. The van der Waals surface area contributed by atoms with Gasteiger partial charge >= 0.3 is 5.97 Å². The van der Waals surface area contributed by atoms with Crippen molar-refractivity contribution in [3.05, 3.63) is 65.6 Å². The first-order valence-corrected chi connectivity index (χ1v) is 14.1. The maximum absolute atomic E-state index is 14.9. The molecule has 1 aliphatic rings. The second kappa shape index (κ2) is 13.0. The summed E-state index contributed by atoms with van der Waals surface area (Å²) in [6.07, 6.45) is 3.14. The molecule has 4 atom stereocenters. The Morgan fingerprint density at radius 1 is 1.23 bits per heavy atom. The summed E-state index contributed by atoms with van der Waals surface area (Å²) in [6, 6.07) is 8.08. The number of likely N-dealkylation sites (tertiary alicyclic amines) is 1. The lowest BCUT2D eigenvalue weighted by molar-refractivity contribution is -0.140. The highest BCUT2D eigenvalue weighted by molar-refractivity contribution is 7.99. The summed E-state index contributed by atoms with van der Waals surface area (Å²) < 4.78 is 47.7. The molecule has 0 spiro atoms. The molecule has 2 heterocycles. The number of aromatic nitrogens is 1. The lowest BCUT2D eigenvalue weighted by atomic mass is 9.75. The first kappa shape index (κ1) is 29.2. The van der Waals surface area contributed by atoms with Crippen LogP contribution in [0.25, 0.3) is 10.9 Å². The Labute approximate surface area is 230 Å². The molecule has 1 fully saturated rings. The standard InChI is InChI=1S/C29H34F3N3O3S/c1-17-21(15-28(36)37)18(9-10-35(17)11-12-39-27-13-19(30)4-6-23(27)31)3-7-25(33)29-22-14-20(38-2)5-8-26(22)34-16-24(29)32/h4-6,8,13-14,16-18,21,25H,3,7,9-12,15,33H2,1-2H3,(H,36,37). The molecule has 1 saturated heterocycles. The van der Waals surface area contributed by atoms with Gasteiger partial charge in [-0.2, -0.15) is 0 Å². The summed E-state index contributed by atoms with van der Waals surface area (Å²) in [6.45, 7) is 3.41. The number of piperidine rings is 1. The average molecular weight is 562 g/mol. The van der Waals surface area contributed by atoms with Gasteiger partial charge in [0.1, 0.15) is 23.2 Å². The number of hydrogen-bond acceptors (Lipinski definition) is 6. The molecular formula is C29H34F3N3O3S. The molecule has 0 aliphatic carbocycles. The summed E-state index contributed by atoms with van der Waals surface area (Å²) in [4.78, 5) is 18.4. The number of rotatable bonds is 11. The van der Waals surface area contributed by atoms with Gasteiger partial charge in [0.05, 0.1) is 18.8 Å². The van der Waals surface area contributed by atoms with Crippen molar-refractivity contribution in [2.75, 3.05) is 26.0 Å². The van der Waals surface area contributed by atoms with Crippen LogP contribution in [0.15, 0.2) is 47.5 Å². The molecule has 3 aromatic rings. The minimum absolute atomic E-state index is 0.0169. The van der Waals surface area contributed by atoms with Crippen LogP contribution in [0.5, 0.6) is 5.75 Å². The number of pyridine rings is 1. The van der Waals surface area contributed by atoms with Crippen molar-refractivity contribution in [1.29, 1.82) is 0 Å². The lowest BCUT2D eigenvalue weighted by Crippen LogP contribution is -2.49. The third-order valence-electron chi connectivity index (χ3n) is 7.82. The molecule has 1 aromatic heterocycles. The van der Waals surface area contributed by atoms with Gasteiger partial charge in [-0.25, -0.2) is 13.2 Å². The quantitative estimate of drug-likeness (QED) is 0.276. The maximum Gasteiger partial charge on any atom is 0.303 e. The number of carboxylic acid groups (broad SMARTS) is 1. The molecule has 0 saturated carbocycles. The highest BCUT2D eigenvalue weighted by atomic mass is 32.2. The van der Waals surface area contributed by atoms with Gasteiger partial charge in [-0.3, -0.25) is 14.7 Å². The van der Waals surface area contributed by atoms with Gasteiger partial charge in [0.25, 0.3) is 0 Å². The van der Waals surface area contributed by atoms with Crippen molar-refractivity contribution in [3.63, 3.8) is 0 Å². The Hall–Kier alpha value is -2.82. The fourth-order valence-electron chi connectivity index (χ4n) is 5.70. The van der Waals surface area contributed by atoms with Crippen LogP contribution in [-0.4, -0.2) is 53.0 Å². The Morgan fingerprint density at radius 2 is 2.03 bits per heavy atom. The summed E-state index contributed by atoms with van der Waals surface area (Å²) in [5, 5.41) is 10.2. The van der Waals surface area contributed by atoms with Crippen LogP contribution in [0, 0.1) is 29.3 Å². The molecular weight excluding hydrogens is 527 g/mol. The Bertz CT molecular complexity index is 1310. The maximum atomic E-state index is 14.9. The van der Waals surface area contributed by atoms with E-state index < -0.39 is 29.5 Å². The third-order valence-corrected chi connectivity index (χ3v) is 8.83. The van der Waals surface area contributed by atoms with Crippen molar-refractivity contribution >= 4 is 28.6 Å². The number of aliphatic carboxylic acids is 1. The van der Waals surface area contributed by atoms with E-state index in [0.717, 1.165) is 25.1 Å². The van der Waals surface area contributed by atoms with Gasteiger partial charge in [-0.05, 0) is 81.0 Å². The number of methoxy groups -OCH3 is 1. The van der Waals surface area contributed by atoms with Gasteiger partial charge in [0.2, 0.25) is 0 Å². The number of ether oxygens (including phenoxy) is 1. The van der Waals surface area contributed by atoms with Crippen LogP contribution >= 0.6 is 11.8 Å². The average Bonchev–Trinajstić information content (AvgIpc) is 2.91. The van der Waals surface area contributed by atoms with Crippen LogP contribution in [0.4, 0.5) is 13.2 Å². The van der Waals surface area contributed by atoms with Gasteiger partial charge in [-0.15, -0.1) is 11.8 Å². The van der Waals surface area contributed by atoms with E-state index in [4.69, 9.17) is 10.5 Å². The van der Waals surface area contributed by atoms with Crippen molar-refractivity contribution < 1.29 is 27.8 Å². The highest BCUT2D eigenvalue weighted by Crippen LogP contribution is 2.38. The summed E-state index contributed by atoms with van der Waals surface area (Å²) in [7, 11) is 1.54. The predicted molar refractivity (Wildman–Crippen MR) is 146 cm³/mol. The fraction of sp³-hybridized carbons (Fsp3) is 0.448. The monoisotopic (exact) mass is 561 g/mol. The zero-order valence-electron chi connectivity index (χ0n) is 22.1. The van der Waals surface area contributed by atoms with E-state index in [1.165, 1.54) is 24.0 Å². The fourth-order valence-corrected chi connectivity index (χ4v) is 6.64. The Kier molecular flexibility index (Phi) is 9.74. The largest absolute Gasteiger partial charge is 0.497 e. The first-order chi connectivity index (χ1) is 18.7. The van der Waals surface area contributed by atoms with Crippen molar-refractivity contribution in [1.82, 2.24) is 9.88 Å². The molecule has 4 unspecified atom stereocenters. The highest BCUT2D eigenvalue weighted by Gasteiger charge is 2.36. The van der Waals surface area contributed by atoms with Gasteiger partial charge in [0, 0.05) is 46.6 Å². The number of halogens is 3. The Balaban J connectivity index is 1.42. The molecule has 0 radical (unpaired) electrons. The number of fused-ring (bicyclic) bond motifs is 1. The van der Waals surface area contributed by atoms with Crippen molar-refractivity contribution in [3.8, 4) is 5.75 Å². The van der Waals surface area contributed by atoms with Gasteiger partial charge < -0.3 is 15.6 Å². The SMILES string of the molecule is COc1ccc2ncc(F)c(C(N)CCC3CCN(CCSc4cc(F)ccc4F)C(C)C3CC(=O)O)c2c1.